The monoisotopic (exact) mass is 353 g/mol. The molecular weight excluding hydrogens is 337 g/mol. The third kappa shape index (κ3) is 5.00. The average Bonchev–Trinajstić information content (AvgIpc) is 2.92. The minimum absolute atomic E-state index is 0.314. The van der Waals surface area contributed by atoms with Gasteiger partial charge in [0.05, 0.1) is 6.54 Å². The molecule has 2 aromatic rings. The van der Waals surface area contributed by atoms with E-state index in [-0.39, 0.29) is 5.82 Å². The van der Waals surface area contributed by atoms with E-state index in [2.05, 4.69) is 15.6 Å². The van der Waals surface area contributed by atoms with Crippen LogP contribution in [-0.4, -0.2) is 39.3 Å². The van der Waals surface area contributed by atoms with Crippen LogP contribution in [0.3, 0.4) is 0 Å². The summed E-state index contributed by atoms with van der Waals surface area (Å²) in [7, 11) is 0. The molecule has 9 heteroatoms. The number of aliphatic carboxylic acids is 1. The van der Waals surface area contributed by atoms with E-state index in [1.54, 1.807) is 18.3 Å². The van der Waals surface area contributed by atoms with Crippen molar-refractivity contribution in [2.45, 2.75) is 18.9 Å². The van der Waals surface area contributed by atoms with Crippen LogP contribution >= 0.6 is 11.3 Å². The Kier molecular flexibility index (Phi) is 5.47. The molecule has 1 aromatic carbocycles. The summed E-state index contributed by atoms with van der Waals surface area (Å²) in [6.45, 7) is 0.631. The van der Waals surface area contributed by atoms with Crippen molar-refractivity contribution in [2.24, 2.45) is 0 Å². The third-order valence-corrected chi connectivity index (χ3v) is 4.01. The number of rotatable bonds is 6. The van der Waals surface area contributed by atoms with Crippen molar-refractivity contribution < 1.29 is 24.2 Å². The number of urea groups is 1. The van der Waals surface area contributed by atoms with Gasteiger partial charge in [-0.2, -0.15) is 0 Å². The molecule has 0 aliphatic carbocycles. The molecule has 0 spiro atoms. The number of hydrogen-bond acceptors (Lipinski definition) is 5. The van der Waals surface area contributed by atoms with Gasteiger partial charge in [0.2, 0.25) is 0 Å². The zero-order valence-corrected chi connectivity index (χ0v) is 13.6. The van der Waals surface area contributed by atoms with Gasteiger partial charge in [-0.15, -0.1) is 11.3 Å². The number of nitrogens with one attached hydrogen (secondary N) is 2. The van der Waals surface area contributed by atoms with E-state index < -0.39 is 24.1 Å². The predicted molar refractivity (Wildman–Crippen MR) is 86.6 cm³/mol. The van der Waals surface area contributed by atoms with Gasteiger partial charge in [0.15, 0.2) is 10.7 Å². The number of carboxylic acid groups (broad SMARTS) is 1. The van der Waals surface area contributed by atoms with E-state index in [0.717, 1.165) is 17.4 Å². The fourth-order valence-electron chi connectivity index (χ4n) is 1.76. The van der Waals surface area contributed by atoms with Gasteiger partial charge < -0.3 is 15.5 Å². The molecule has 0 saturated heterocycles. The summed E-state index contributed by atoms with van der Waals surface area (Å²) in [6.07, 6.45) is 2.05. The topological polar surface area (TPSA) is 112 Å². The maximum Gasteiger partial charge on any atom is 0.337 e. The summed E-state index contributed by atoms with van der Waals surface area (Å²) < 4.78 is 13.1. The maximum absolute atomic E-state index is 13.1. The first-order valence-electron chi connectivity index (χ1n) is 6.96. The number of carbonyl (C=O) groups excluding carboxylic acids is 1. The number of carbonyl (C=O) groups is 2. The second-order valence-electron chi connectivity index (χ2n) is 5.33. The molecule has 7 nitrogen and oxygen atoms in total. The number of aliphatic hydroxyl groups is 1. The van der Waals surface area contributed by atoms with Crippen LogP contribution in [0.5, 0.6) is 0 Å². The van der Waals surface area contributed by atoms with Gasteiger partial charge in [-0.25, -0.2) is 19.0 Å². The number of amides is 2. The summed E-state index contributed by atoms with van der Waals surface area (Å²) >= 11 is 1.22. The van der Waals surface area contributed by atoms with Crippen LogP contribution in [-0.2, 0) is 11.2 Å². The molecule has 4 N–H and O–H groups in total. The fraction of sp³-hybridized carbons (Fsp3) is 0.267. The first-order valence-corrected chi connectivity index (χ1v) is 7.78. The Balaban J connectivity index is 1.89. The molecule has 2 amide bonds. The quantitative estimate of drug-likeness (QED) is 0.633. The number of benzene rings is 1. The normalized spacial score (nSPS) is 13.1. The number of anilines is 1. The molecule has 128 valence electrons. The van der Waals surface area contributed by atoms with Gasteiger partial charge in [-0.1, -0.05) is 12.1 Å². The molecule has 0 aliphatic rings. The average molecular weight is 353 g/mol. The second-order valence-corrected chi connectivity index (χ2v) is 6.44. The van der Waals surface area contributed by atoms with E-state index in [0.29, 0.717) is 11.6 Å². The molecule has 1 atom stereocenters. The van der Waals surface area contributed by atoms with Gasteiger partial charge in [0, 0.05) is 17.5 Å². The van der Waals surface area contributed by atoms with Crippen molar-refractivity contribution in [1.82, 2.24) is 10.3 Å². The Labute approximate surface area is 141 Å². The van der Waals surface area contributed by atoms with Crippen molar-refractivity contribution in [3.8, 4) is 0 Å². The van der Waals surface area contributed by atoms with Crippen molar-refractivity contribution in [3.63, 3.8) is 0 Å². The summed E-state index contributed by atoms with van der Waals surface area (Å²) in [4.78, 5) is 27.3. The highest BCUT2D eigenvalue weighted by Gasteiger charge is 2.30. The molecule has 0 radical (unpaired) electrons. The maximum atomic E-state index is 13.1. The van der Waals surface area contributed by atoms with Gasteiger partial charge in [0.1, 0.15) is 5.82 Å². The Bertz CT molecular complexity index is 748. The number of carboxylic acids is 1. The van der Waals surface area contributed by atoms with Crippen molar-refractivity contribution in [2.75, 3.05) is 11.9 Å². The zero-order chi connectivity index (χ0) is 17.7. The summed E-state index contributed by atoms with van der Waals surface area (Å²) in [5.74, 6) is -1.75. The highest BCUT2D eigenvalue weighted by molar-refractivity contribution is 7.15. The number of thiazole rings is 1. The molecule has 0 fully saturated rings. The largest absolute Gasteiger partial charge is 0.479 e. The van der Waals surface area contributed by atoms with Gasteiger partial charge in [-0.3, -0.25) is 5.32 Å². The van der Waals surface area contributed by atoms with Crippen molar-refractivity contribution in [3.05, 3.63) is 46.7 Å². The van der Waals surface area contributed by atoms with Crippen LogP contribution in [0.4, 0.5) is 14.3 Å². The lowest BCUT2D eigenvalue weighted by molar-refractivity contribution is -0.155. The summed E-state index contributed by atoms with van der Waals surface area (Å²) in [5, 5.41) is 23.3. The lowest BCUT2D eigenvalue weighted by atomic mass is 10.1. The summed E-state index contributed by atoms with van der Waals surface area (Å²) in [6, 6.07) is 5.51. The first kappa shape index (κ1) is 17.8. The number of aromatic nitrogens is 1. The van der Waals surface area contributed by atoms with Crippen LogP contribution in [0, 0.1) is 5.82 Å². The van der Waals surface area contributed by atoms with Crippen LogP contribution in [0.2, 0.25) is 0 Å². The molecule has 1 unspecified atom stereocenters. The lowest BCUT2D eigenvalue weighted by Crippen LogP contribution is -2.47. The minimum Gasteiger partial charge on any atom is -0.479 e. The van der Waals surface area contributed by atoms with Crippen LogP contribution < -0.4 is 10.6 Å². The van der Waals surface area contributed by atoms with Gasteiger partial charge in [0.25, 0.3) is 0 Å². The second kappa shape index (κ2) is 7.37. The molecule has 1 aromatic heterocycles. The van der Waals surface area contributed by atoms with Crippen LogP contribution in [0.15, 0.2) is 30.5 Å². The Morgan fingerprint density at radius 2 is 2.17 bits per heavy atom. The summed E-state index contributed by atoms with van der Waals surface area (Å²) in [5.41, 5.74) is -1.27. The molecule has 2 rings (SSSR count). The van der Waals surface area contributed by atoms with E-state index in [1.165, 1.54) is 23.5 Å². The number of halogens is 1. The highest BCUT2D eigenvalue weighted by Crippen LogP contribution is 2.21. The standard InChI is InChI=1S/C15H16FN3O4S/c1-15(23,12(20)21)8-18-13(22)19-14-17-7-11(24-14)6-9-3-2-4-10(16)5-9/h2-5,7,23H,6,8H2,1H3,(H,20,21)(H2,17,18,19,22). The molecule has 24 heavy (non-hydrogen) atoms. The third-order valence-electron chi connectivity index (χ3n) is 3.10. The zero-order valence-electron chi connectivity index (χ0n) is 12.7. The van der Waals surface area contributed by atoms with Crippen molar-refractivity contribution in [1.29, 1.82) is 0 Å². The molecule has 1 heterocycles. The number of nitrogens with zero attached hydrogens (tertiary/aromatic N) is 1. The minimum atomic E-state index is -2.05. The highest BCUT2D eigenvalue weighted by atomic mass is 32.1. The van der Waals surface area contributed by atoms with Gasteiger partial charge in [-0.05, 0) is 24.6 Å². The predicted octanol–water partition coefficient (Wildman–Crippen LogP) is 1.83. The smallest absolute Gasteiger partial charge is 0.337 e. The van der Waals surface area contributed by atoms with E-state index in [9.17, 15) is 19.1 Å². The molecular formula is C15H16FN3O4S. The van der Waals surface area contributed by atoms with E-state index >= 15 is 0 Å². The van der Waals surface area contributed by atoms with Crippen LogP contribution in [0.1, 0.15) is 17.4 Å². The van der Waals surface area contributed by atoms with Crippen LogP contribution in [0.25, 0.3) is 0 Å². The molecule has 0 bridgehead atoms. The number of hydrogen-bond donors (Lipinski definition) is 4. The Morgan fingerprint density at radius 1 is 1.42 bits per heavy atom. The molecule has 0 aliphatic heterocycles. The van der Waals surface area contributed by atoms with E-state index in [4.69, 9.17) is 5.11 Å². The van der Waals surface area contributed by atoms with Gasteiger partial charge >= 0.3 is 12.0 Å². The lowest BCUT2D eigenvalue weighted by Gasteiger charge is -2.18. The SMILES string of the molecule is CC(O)(CNC(=O)Nc1ncc(Cc2cccc(F)c2)s1)C(=O)O. The van der Waals surface area contributed by atoms with Crippen molar-refractivity contribution >= 4 is 28.5 Å². The Morgan fingerprint density at radius 3 is 2.83 bits per heavy atom. The first-order chi connectivity index (χ1) is 11.3. The molecule has 0 saturated carbocycles. The van der Waals surface area contributed by atoms with E-state index in [1.807, 2.05) is 0 Å². The Hall–Kier alpha value is -2.52. The fourth-order valence-corrected chi connectivity index (χ4v) is 2.61.